The number of urea groups is 1. The first-order chi connectivity index (χ1) is 16.5. The van der Waals surface area contributed by atoms with Crippen LogP contribution in [0.4, 0.5) is 4.79 Å². The van der Waals surface area contributed by atoms with Crippen LogP contribution < -0.4 is 10.1 Å². The van der Waals surface area contributed by atoms with Gasteiger partial charge in [0.2, 0.25) is 5.91 Å². The van der Waals surface area contributed by atoms with Crippen LogP contribution in [0.25, 0.3) is 0 Å². The number of nitrogens with one attached hydrogen (secondary N) is 1. The number of ether oxygens (including phenoxy) is 1. The van der Waals surface area contributed by atoms with Crippen LogP contribution in [0.2, 0.25) is 0 Å². The molecule has 4 amide bonds. The molecule has 5 rings (SSSR count). The van der Waals surface area contributed by atoms with Crippen molar-refractivity contribution in [2.24, 2.45) is 0 Å². The number of amides is 4. The Hall–Kier alpha value is -4.13. The molecule has 0 saturated carbocycles. The van der Waals surface area contributed by atoms with Crippen molar-refractivity contribution < 1.29 is 19.1 Å². The number of nitrogens with zero attached hydrogens (tertiary/aromatic N) is 2. The SMILES string of the molecule is CN(C(=O)CN1C(=O)NC2(CCOc3ccccc32)C1=O)C(c1ccccc1)c1ccccc1. The smallest absolute Gasteiger partial charge is 0.325 e. The van der Waals surface area contributed by atoms with E-state index in [1.807, 2.05) is 66.7 Å². The van der Waals surface area contributed by atoms with Crippen LogP contribution in [0.1, 0.15) is 29.2 Å². The highest BCUT2D eigenvalue weighted by Gasteiger charge is 2.55. The highest BCUT2D eigenvalue weighted by atomic mass is 16.5. The van der Waals surface area contributed by atoms with E-state index in [4.69, 9.17) is 4.74 Å². The van der Waals surface area contributed by atoms with E-state index in [-0.39, 0.29) is 18.5 Å². The van der Waals surface area contributed by atoms with Gasteiger partial charge in [-0.3, -0.25) is 14.5 Å². The van der Waals surface area contributed by atoms with E-state index in [9.17, 15) is 14.4 Å². The second-order valence-corrected chi connectivity index (χ2v) is 8.55. The normalized spacial score (nSPS) is 19.1. The van der Waals surface area contributed by atoms with E-state index < -0.39 is 17.5 Å². The Morgan fingerprint density at radius 3 is 2.21 bits per heavy atom. The third-order valence-corrected chi connectivity index (χ3v) is 6.56. The van der Waals surface area contributed by atoms with Gasteiger partial charge in [-0.1, -0.05) is 78.9 Å². The lowest BCUT2D eigenvalue weighted by Crippen LogP contribution is -2.48. The maximum Gasteiger partial charge on any atom is 0.325 e. The first-order valence-corrected chi connectivity index (χ1v) is 11.2. The molecule has 1 unspecified atom stereocenters. The molecule has 7 nitrogen and oxygen atoms in total. The van der Waals surface area contributed by atoms with Crippen molar-refractivity contribution in [3.63, 3.8) is 0 Å². The summed E-state index contributed by atoms with van der Waals surface area (Å²) in [6, 6.07) is 25.7. The van der Waals surface area contributed by atoms with Gasteiger partial charge < -0.3 is 15.0 Å². The van der Waals surface area contributed by atoms with E-state index in [0.717, 1.165) is 16.0 Å². The van der Waals surface area contributed by atoms with Gasteiger partial charge in [0.05, 0.1) is 12.6 Å². The molecule has 2 heterocycles. The number of carbonyl (C=O) groups is 3. The Kier molecular flexibility index (Phi) is 5.53. The zero-order valence-corrected chi connectivity index (χ0v) is 18.8. The Morgan fingerprint density at radius 2 is 1.56 bits per heavy atom. The highest BCUT2D eigenvalue weighted by molar-refractivity contribution is 6.09. The van der Waals surface area contributed by atoms with Gasteiger partial charge in [-0.15, -0.1) is 0 Å². The van der Waals surface area contributed by atoms with Crippen LogP contribution in [-0.2, 0) is 15.1 Å². The van der Waals surface area contributed by atoms with Crippen molar-refractivity contribution in [3.8, 4) is 5.75 Å². The number of rotatable bonds is 5. The van der Waals surface area contributed by atoms with E-state index >= 15 is 0 Å². The van der Waals surface area contributed by atoms with Gasteiger partial charge in [0, 0.05) is 19.0 Å². The van der Waals surface area contributed by atoms with Crippen molar-refractivity contribution in [1.82, 2.24) is 15.1 Å². The lowest BCUT2D eigenvalue weighted by Gasteiger charge is -2.33. The quantitative estimate of drug-likeness (QED) is 0.598. The fourth-order valence-electron chi connectivity index (χ4n) is 4.82. The molecule has 0 radical (unpaired) electrons. The summed E-state index contributed by atoms with van der Waals surface area (Å²) in [7, 11) is 1.70. The molecule has 0 bridgehead atoms. The van der Waals surface area contributed by atoms with Gasteiger partial charge in [0.25, 0.3) is 5.91 Å². The summed E-state index contributed by atoms with van der Waals surface area (Å²) in [6.45, 7) is -0.0447. The number of benzene rings is 3. The van der Waals surface area contributed by atoms with Crippen LogP contribution in [0.5, 0.6) is 5.75 Å². The molecule has 34 heavy (non-hydrogen) atoms. The van der Waals surface area contributed by atoms with Gasteiger partial charge in [-0.2, -0.15) is 0 Å². The average Bonchev–Trinajstić information content (AvgIpc) is 3.10. The summed E-state index contributed by atoms with van der Waals surface area (Å²) in [6.07, 6.45) is 0.311. The van der Waals surface area contributed by atoms with Crippen LogP contribution in [0.15, 0.2) is 84.9 Å². The number of para-hydroxylation sites is 1. The topological polar surface area (TPSA) is 79.0 Å². The molecule has 1 N–H and O–H groups in total. The number of fused-ring (bicyclic) bond motifs is 2. The molecule has 0 aliphatic carbocycles. The number of carbonyl (C=O) groups excluding carboxylic acids is 3. The molecule has 1 atom stereocenters. The zero-order valence-electron chi connectivity index (χ0n) is 18.8. The minimum Gasteiger partial charge on any atom is -0.493 e. The summed E-state index contributed by atoms with van der Waals surface area (Å²) >= 11 is 0. The fraction of sp³-hybridized carbons (Fsp3) is 0.222. The van der Waals surface area contributed by atoms with Crippen LogP contribution >= 0.6 is 0 Å². The number of hydrogen-bond donors (Lipinski definition) is 1. The Balaban J connectivity index is 1.42. The van der Waals surface area contributed by atoms with Gasteiger partial charge in [-0.25, -0.2) is 4.79 Å². The molecular formula is C27H25N3O4. The molecule has 1 saturated heterocycles. The Labute approximate surface area is 197 Å². The molecule has 3 aromatic rings. The van der Waals surface area contributed by atoms with Crippen LogP contribution in [0, 0.1) is 0 Å². The zero-order chi connectivity index (χ0) is 23.7. The van der Waals surface area contributed by atoms with E-state index in [1.165, 1.54) is 0 Å². The third-order valence-electron chi connectivity index (χ3n) is 6.56. The lowest BCUT2D eigenvalue weighted by molar-refractivity contribution is -0.139. The Bertz CT molecular complexity index is 1190. The maximum absolute atomic E-state index is 13.5. The molecular weight excluding hydrogens is 430 g/mol. The standard InChI is InChI=1S/C27H25N3O4/c1-29(24(19-10-4-2-5-11-19)20-12-6-3-7-13-20)23(31)18-30-25(32)27(28-26(30)33)16-17-34-22-15-9-8-14-21(22)27/h2-15,24H,16-18H2,1H3,(H,28,33). The molecule has 7 heteroatoms. The summed E-state index contributed by atoms with van der Waals surface area (Å²) in [5.74, 6) is -0.189. The van der Waals surface area contributed by atoms with E-state index in [1.54, 1.807) is 30.1 Å². The minimum atomic E-state index is -1.21. The molecule has 3 aromatic carbocycles. The second-order valence-electron chi connectivity index (χ2n) is 8.55. The fourth-order valence-corrected chi connectivity index (χ4v) is 4.82. The number of imide groups is 1. The van der Waals surface area contributed by atoms with Crippen molar-refractivity contribution >= 4 is 17.8 Å². The summed E-state index contributed by atoms with van der Waals surface area (Å²) in [5, 5.41) is 2.85. The molecule has 172 valence electrons. The highest BCUT2D eigenvalue weighted by Crippen LogP contribution is 2.41. The molecule has 0 aromatic heterocycles. The molecule has 2 aliphatic rings. The van der Waals surface area contributed by atoms with Crippen molar-refractivity contribution in [1.29, 1.82) is 0 Å². The van der Waals surface area contributed by atoms with Gasteiger partial charge >= 0.3 is 6.03 Å². The second kappa shape index (κ2) is 8.67. The monoisotopic (exact) mass is 455 g/mol. The summed E-state index contributed by atoms with van der Waals surface area (Å²) in [5.41, 5.74) is 1.30. The van der Waals surface area contributed by atoms with Crippen LogP contribution in [-0.4, -0.2) is 47.8 Å². The first kappa shape index (κ1) is 21.7. The molecule has 1 spiro atoms. The van der Waals surface area contributed by atoms with E-state index in [2.05, 4.69) is 5.32 Å². The largest absolute Gasteiger partial charge is 0.493 e. The van der Waals surface area contributed by atoms with Crippen molar-refractivity contribution in [3.05, 3.63) is 102 Å². The van der Waals surface area contributed by atoms with Crippen molar-refractivity contribution in [2.75, 3.05) is 20.2 Å². The van der Waals surface area contributed by atoms with Gasteiger partial charge in [-0.05, 0) is 17.2 Å². The van der Waals surface area contributed by atoms with E-state index in [0.29, 0.717) is 24.3 Å². The summed E-state index contributed by atoms with van der Waals surface area (Å²) in [4.78, 5) is 42.5. The molecule has 2 aliphatic heterocycles. The first-order valence-electron chi connectivity index (χ1n) is 11.2. The average molecular weight is 456 g/mol. The lowest BCUT2D eigenvalue weighted by atomic mass is 9.84. The predicted molar refractivity (Wildman–Crippen MR) is 126 cm³/mol. The number of hydrogen-bond acceptors (Lipinski definition) is 4. The molecule has 1 fully saturated rings. The Morgan fingerprint density at radius 1 is 0.971 bits per heavy atom. The van der Waals surface area contributed by atoms with Gasteiger partial charge in [0.1, 0.15) is 12.3 Å². The number of likely N-dealkylation sites (N-methyl/N-ethyl adjacent to an activating group) is 1. The minimum absolute atomic E-state index is 0.300. The van der Waals surface area contributed by atoms with Crippen molar-refractivity contribution in [2.45, 2.75) is 18.0 Å². The van der Waals surface area contributed by atoms with Gasteiger partial charge in [0.15, 0.2) is 5.54 Å². The maximum atomic E-state index is 13.5. The van der Waals surface area contributed by atoms with Crippen LogP contribution in [0.3, 0.4) is 0 Å². The third kappa shape index (κ3) is 3.59. The summed E-state index contributed by atoms with van der Waals surface area (Å²) < 4.78 is 5.68. The predicted octanol–water partition coefficient (Wildman–Crippen LogP) is 3.46.